The Morgan fingerprint density at radius 3 is 2.73 bits per heavy atom. The molecule has 162 valence electrons. The van der Waals surface area contributed by atoms with Crippen molar-refractivity contribution in [1.29, 1.82) is 0 Å². The average Bonchev–Trinajstić information content (AvgIpc) is 3.35. The van der Waals surface area contributed by atoms with E-state index in [0.29, 0.717) is 31.8 Å². The van der Waals surface area contributed by atoms with Gasteiger partial charge in [-0.2, -0.15) is 0 Å². The monoisotopic (exact) mass is 411 g/mol. The third kappa shape index (κ3) is 3.85. The standard InChI is InChI=1S/C24H33N3O3/c1-17(2)30-14-8-13-27-22(28)21-15-18-9-4-7-12-20(18)26(21)16-24(27,3)23(29)25-19-10-5-6-11-19/h4,7,9,12,15,17,19H,5-6,8,10-11,13-14,16H2,1-3H3,(H,25,29)/t24-/m0/s1. The molecule has 0 saturated heterocycles. The number of carbonyl (C=O) groups is 2. The van der Waals surface area contributed by atoms with E-state index in [1.165, 1.54) is 0 Å². The zero-order valence-electron chi connectivity index (χ0n) is 18.3. The van der Waals surface area contributed by atoms with E-state index >= 15 is 0 Å². The van der Waals surface area contributed by atoms with Crippen molar-refractivity contribution in [2.45, 2.75) is 77.1 Å². The number of hydrogen-bond acceptors (Lipinski definition) is 3. The Hall–Kier alpha value is -2.34. The van der Waals surface area contributed by atoms with Crippen LogP contribution < -0.4 is 5.32 Å². The summed E-state index contributed by atoms with van der Waals surface area (Å²) < 4.78 is 7.70. The molecule has 4 rings (SSSR count). The number of nitrogens with one attached hydrogen (secondary N) is 1. The minimum atomic E-state index is -0.924. The molecular formula is C24H33N3O3. The van der Waals surface area contributed by atoms with Gasteiger partial charge in [0.15, 0.2) is 0 Å². The molecule has 0 radical (unpaired) electrons. The van der Waals surface area contributed by atoms with Gasteiger partial charge in [-0.05, 0) is 52.2 Å². The van der Waals surface area contributed by atoms with Crippen LogP contribution in [0.2, 0.25) is 0 Å². The third-order valence-corrected chi connectivity index (χ3v) is 6.49. The van der Waals surface area contributed by atoms with E-state index in [4.69, 9.17) is 4.74 Å². The smallest absolute Gasteiger partial charge is 0.271 e. The molecule has 1 aliphatic carbocycles. The van der Waals surface area contributed by atoms with Gasteiger partial charge in [0, 0.05) is 30.1 Å². The fraction of sp³-hybridized carbons (Fsp3) is 0.583. The van der Waals surface area contributed by atoms with Crippen molar-refractivity contribution in [1.82, 2.24) is 14.8 Å². The van der Waals surface area contributed by atoms with Gasteiger partial charge < -0.3 is 19.5 Å². The zero-order chi connectivity index (χ0) is 21.3. The topological polar surface area (TPSA) is 63.6 Å². The number of benzene rings is 1. The summed E-state index contributed by atoms with van der Waals surface area (Å²) in [7, 11) is 0. The minimum absolute atomic E-state index is 0.0454. The van der Waals surface area contributed by atoms with Gasteiger partial charge in [0.1, 0.15) is 11.2 Å². The molecule has 0 bridgehead atoms. The van der Waals surface area contributed by atoms with E-state index in [9.17, 15) is 9.59 Å². The summed E-state index contributed by atoms with van der Waals surface area (Å²) in [4.78, 5) is 28.8. The molecule has 0 spiro atoms. The lowest BCUT2D eigenvalue weighted by Crippen LogP contribution is -2.65. The van der Waals surface area contributed by atoms with E-state index in [-0.39, 0.29) is 24.0 Å². The molecule has 1 N–H and O–H groups in total. The maximum Gasteiger partial charge on any atom is 0.271 e. The molecule has 1 atom stereocenters. The summed E-state index contributed by atoms with van der Waals surface area (Å²) in [5, 5.41) is 4.27. The summed E-state index contributed by atoms with van der Waals surface area (Å²) in [6, 6.07) is 10.2. The van der Waals surface area contributed by atoms with Crippen LogP contribution in [0.5, 0.6) is 0 Å². The van der Waals surface area contributed by atoms with Crippen molar-refractivity contribution in [3.63, 3.8) is 0 Å². The second-order valence-corrected chi connectivity index (χ2v) is 9.13. The van der Waals surface area contributed by atoms with Crippen molar-refractivity contribution < 1.29 is 14.3 Å². The van der Waals surface area contributed by atoms with Crippen molar-refractivity contribution in [3.8, 4) is 0 Å². The molecule has 1 aliphatic heterocycles. The predicted molar refractivity (Wildman–Crippen MR) is 117 cm³/mol. The van der Waals surface area contributed by atoms with Crippen LogP contribution in [-0.4, -0.2) is 52.1 Å². The summed E-state index contributed by atoms with van der Waals surface area (Å²) in [6.07, 6.45) is 5.22. The van der Waals surface area contributed by atoms with Crippen LogP contribution in [0, 0.1) is 0 Å². The SMILES string of the molecule is CC(C)OCCCN1C(=O)c2cc3ccccc3n2C[C@@]1(C)C(=O)NC1CCCC1. The first kappa shape index (κ1) is 20.9. The number of amides is 2. The summed E-state index contributed by atoms with van der Waals surface area (Å²) in [5.41, 5.74) is 0.738. The van der Waals surface area contributed by atoms with E-state index in [1.54, 1.807) is 4.90 Å². The molecule has 2 aliphatic rings. The largest absolute Gasteiger partial charge is 0.379 e. The number of carbonyl (C=O) groups excluding carboxylic acids is 2. The molecule has 6 heteroatoms. The molecule has 0 unspecified atom stereocenters. The van der Waals surface area contributed by atoms with Gasteiger partial charge in [-0.15, -0.1) is 0 Å². The van der Waals surface area contributed by atoms with Crippen LogP contribution in [-0.2, 0) is 16.1 Å². The van der Waals surface area contributed by atoms with Crippen molar-refractivity contribution in [2.24, 2.45) is 0 Å². The normalized spacial score (nSPS) is 22.1. The maximum atomic E-state index is 13.6. The van der Waals surface area contributed by atoms with Crippen LogP contribution in [0.3, 0.4) is 0 Å². The van der Waals surface area contributed by atoms with Crippen LogP contribution >= 0.6 is 0 Å². The Kier molecular flexibility index (Phi) is 5.87. The number of aromatic nitrogens is 1. The van der Waals surface area contributed by atoms with E-state index < -0.39 is 5.54 Å². The summed E-state index contributed by atoms with van der Waals surface area (Å²) in [5.74, 6) is -0.123. The Morgan fingerprint density at radius 2 is 2.00 bits per heavy atom. The third-order valence-electron chi connectivity index (χ3n) is 6.49. The summed E-state index contributed by atoms with van der Waals surface area (Å²) >= 11 is 0. The highest BCUT2D eigenvalue weighted by Gasteiger charge is 2.47. The zero-order valence-corrected chi connectivity index (χ0v) is 18.3. The molecule has 2 amide bonds. The number of para-hydroxylation sites is 1. The first-order chi connectivity index (χ1) is 14.4. The number of nitrogens with zero attached hydrogens (tertiary/aromatic N) is 2. The van der Waals surface area contributed by atoms with Crippen molar-refractivity contribution >= 4 is 22.7 Å². The highest BCUT2D eigenvalue weighted by atomic mass is 16.5. The lowest BCUT2D eigenvalue weighted by molar-refractivity contribution is -0.133. The molecule has 1 saturated carbocycles. The Balaban J connectivity index is 1.64. The number of fused-ring (bicyclic) bond motifs is 3. The first-order valence-corrected chi connectivity index (χ1v) is 11.2. The second kappa shape index (κ2) is 8.42. The van der Waals surface area contributed by atoms with Gasteiger partial charge in [-0.1, -0.05) is 31.0 Å². The molecule has 2 heterocycles. The van der Waals surface area contributed by atoms with E-state index in [2.05, 4.69) is 5.32 Å². The number of rotatable bonds is 7. The highest BCUT2D eigenvalue weighted by Crippen LogP contribution is 2.33. The van der Waals surface area contributed by atoms with Gasteiger partial charge >= 0.3 is 0 Å². The van der Waals surface area contributed by atoms with Crippen LogP contribution in [0.25, 0.3) is 10.9 Å². The number of hydrogen-bond donors (Lipinski definition) is 1. The summed E-state index contributed by atoms with van der Waals surface area (Å²) in [6.45, 7) is 7.46. The van der Waals surface area contributed by atoms with Crippen molar-refractivity contribution in [3.05, 3.63) is 36.0 Å². The second-order valence-electron chi connectivity index (χ2n) is 9.13. The molecule has 6 nitrogen and oxygen atoms in total. The maximum absolute atomic E-state index is 13.6. The quantitative estimate of drug-likeness (QED) is 0.706. The van der Waals surface area contributed by atoms with Gasteiger partial charge in [0.25, 0.3) is 5.91 Å². The fourth-order valence-corrected chi connectivity index (χ4v) is 4.81. The first-order valence-electron chi connectivity index (χ1n) is 11.2. The molecule has 1 aromatic heterocycles. The molecule has 2 aromatic rings. The van der Waals surface area contributed by atoms with Crippen LogP contribution in [0.4, 0.5) is 0 Å². The molecule has 1 fully saturated rings. The van der Waals surface area contributed by atoms with Gasteiger partial charge in [-0.3, -0.25) is 9.59 Å². The number of ether oxygens (including phenoxy) is 1. The van der Waals surface area contributed by atoms with Gasteiger partial charge in [0.2, 0.25) is 5.91 Å². The van der Waals surface area contributed by atoms with E-state index in [1.807, 2.05) is 55.7 Å². The Labute approximate surface area is 178 Å². The van der Waals surface area contributed by atoms with Crippen LogP contribution in [0.1, 0.15) is 63.4 Å². The van der Waals surface area contributed by atoms with E-state index in [0.717, 1.165) is 36.6 Å². The van der Waals surface area contributed by atoms with Gasteiger partial charge in [0.05, 0.1) is 12.6 Å². The minimum Gasteiger partial charge on any atom is -0.379 e. The van der Waals surface area contributed by atoms with Gasteiger partial charge in [-0.25, -0.2) is 0 Å². The Bertz CT molecular complexity index is 929. The molecule has 30 heavy (non-hydrogen) atoms. The predicted octanol–water partition coefficient (Wildman–Crippen LogP) is 3.73. The Morgan fingerprint density at radius 1 is 1.27 bits per heavy atom. The lowest BCUT2D eigenvalue weighted by atomic mass is 9.94. The fourth-order valence-electron chi connectivity index (χ4n) is 4.81. The van der Waals surface area contributed by atoms with Crippen LogP contribution in [0.15, 0.2) is 30.3 Å². The average molecular weight is 412 g/mol. The molecular weight excluding hydrogens is 378 g/mol. The molecule has 1 aromatic carbocycles. The van der Waals surface area contributed by atoms with Crippen molar-refractivity contribution in [2.75, 3.05) is 13.2 Å². The highest BCUT2D eigenvalue weighted by molar-refractivity contribution is 6.03. The lowest BCUT2D eigenvalue weighted by Gasteiger charge is -2.44.